The highest BCUT2D eigenvalue weighted by Gasteiger charge is 2.11. The van der Waals surface area contributed by atoms with Crippen molar-refractivity contribution in [3.8, 4) is 17.1 Å². The van der Waals surface area contributed by atoms with E-state index in [0.717, 1.165) is 21.3 Å². The van der Waals surface area contributed by atoms with Crippen LogP contribution >= 0.6 is 15.9 Å². The Morgan fingerprint density at radius 1 is 1.15 bits per heavy atom. The molecule has 0 aliphatic heterocycles. The Balaban J connectivity index is 2.15. The van der Waals surface area contributed by atoms with Gasteiger partial charge in [-0.3, -0.25) is 0 Å². The number of halogens is 1. The second-order valence-electron chi connectivity index (χ2n) is 4.53. The third kappa shape index (κ3) is 2.42. The molecule has 0 saturated carbocycles. The first kappa shape index (κ1) is 12.8. The van der Waals surface area contributed by atoms with Crippen LogP contribution in [0.15, 0.2) is 46.9 Å². The van der Waals surface area contributed by atoms with E-state index < -0.39 is 0 Å². The van der Waals surface area contributed by atoms with E-state index in [9.17, 15) is 0 Å². The monoisotopic (exact) mass is 329 g/mol. The second kappa shape index (κ2) is 5.05. The number of benzene rings is 2. The fourth-order valence-corrected chi connectivity index (χ4v) is 2.55. The van der Waals surface area contributed by atoms with Crippen LogP contribution in [-0.2, 0) is 0 Å². The lowest BCUT2D eigenvalue weighted by Gasteiger charge is -2.06. The molecule has 5 nitrogen and oxygen atoms in total. The van der Waals surface area contributed by atoms with Crippen molar-refractivity contribution in [1.82, 2.24) is 20.2 Å². The van der Waals surface area contributed by atoms with Gasteiger partial charge in [-0.2, -0.15) is 4.68 Å². The summed E-state index contributed by atoms with van der Waals surface area (Å²) < 4.78 is 2.60. The lowest BCUT2D eigenvalue weighted by atomic mass is 10.2. The predicted octanol–water partition coefficient (Wildman–Crippen LogP) is 2.98. The summed E-state index contributed by atoms with van der Waals surface area (Å²) in [4.78, 5) is 0. The molecular formula is C14H12BrN5. The Morgan fingerprint density at radius 3 is 2.75 bits per heavy atom. The summed E-state index contributed by atoms with van der Waals surface area (Å²) in [5.41, 5.74) is 9.47. The van der Waals surface area contributed by atoms with Crippen LogP contribution in [0.3, 0.4) is 0 Å². The molecule has 1 aromatic heterocycles. The van der Waals surface area contributed by atoms with Gasteiger partial charge >= 0.3 is 0 Å². The Hall–Kier alpha value is -2.21. The minimum absolute atomic E-state index is 0.656. The maximum absolute atomic E-state index is 5.87. The molecule has 0 fully saturated rings. The van der Waals surface area contributed by atoms with Crippen molar-refractivity contribution >= 4 is 21.6 Å². The van der Waals surface area contributed by atoms with Gasteiger partial charge in [0.15, 0.2) is 5.82 Å². The summed E-state index contributed by atoms with van der Waals surface area (Å²) in [6, 6.07) is 13.6. The van der Waals surface area contributed by atoms with E-state index in [2.05, 4.69) is 31.5 Å². The lowest BCUT2D eigenvalue weighted by Crippen LogP contribution is -2.00. The molecule has 6 heteroatoms. The van der Waals surface area contributed by atoms with Gasteiger partial charge in [-0.1, -0.05) is 28.1 Å². The number of nitrogen functional groups attached to an aromatic ring is 1. The average Bonchev–Trinajstić information content (AvgIpc) is 2.86. The Labute approximate surface area is 124 Å². The first-order chi connectivity index (χ1) is 9.63. The third-order valence-corrected chi connectivity index (χ3v) is 3.35. The fourth-order valence-electron chi connectivity index (χ4n) is 2.04. The first-order valence-corrected chi connectivity index (χ1v) is 6.84. The quantitative estimate of drug-likeness (QED) is 0.734. The fraction of sp³-hybridized carbons (Fsp3) is 0.0714. The largest absolute Gasteiger partial charge is 0.399 e. The summed E-state index contributed by atoms with van der Waals surface area (Å²) >= 11 is 3.43. The molecule has 3 aromatic rings. The molecule has 0 saturated heterocycles. The van der Waals surface area contributed by atoms with E-state index in [1.165, 1.54) is 0 Å². The molecule has 3 rings (SSSR count). The van der Waals surface area contributed by atoms with Crippen molar-refractivity contribution in [3.63, 3.8) is 0 Å². The first-order valence-electron chi connectivity index (χ1n) is 6.05. The number of tetrazole rings is 1. The average molecular weight is 330 g/mol. The second-order valence-corrected chi connectivity index (χ2v) is 5.44. The van der Waals surface area contributed by atoms with Gasteiger partial charge in [-0.15, -0.1) is 5.10 Å². The number of rotatable bonds is 2. The summed E-state index contributed by atoms with van der Waals surface area (Å²) in [6.07, 6.45) is 0. The van der Waals surface area contributed by atoms with E-state index in [1.54, 1.807) is 4.68 Å². The highest BCUT2D eigenvalue weighted by molar-refractivity contribution is 9.10. The zero-order valence-electron chi connectivity index (χ0n) is 10.8. The summed E-state index contributed by atoms with van der Waals surface area (Å²) in [6.45, 7) is 2.03. The van der Waals surface area contributed by atoms with Gasteiger partial charge in [0.1, 0.15) is 0 Å². The normalized spacial score (nSPS) is 10.7. The van der Waals surface area contributed by atoms with Crippen molar-refractivity contribution in [3.05, 3.63) is 52.5 Å². The number of nitrogens with zero attached hydrogens (tertiary/aromatic N) is 4. The van der Waals surface area contributed by atoms with Crippen LogP contribution in [0.1, 0.15) is 5.56 Å². The van der Waals surface area contributed by atoms with Crippen molar-refractivity contribution in [1.29, 1.82) is 0 Å². The van der Waals surface area contributed by atoms with E-state index in [-0.39, 0.29) is 0 Å². The van der Waals surface area contributed by atoms with Crippen LogP contribution in [0.4, 0.5) is 5.69 Å². The molecule has 0 spiro atoms. The van der Waals surface area contributed by atoms with E-state index in [0.29, 0.717) is 11.5 Å². The molecule has 0 bridgehead atoms. The lowest BCUT2D eigenvalue weighted by molar-refractivity contribution is 0.790. The van der Waals surface area contributed by atoms with E-state index in [1.807, 2.05) is 49.4 Å². The molecule has 1 heterocycles. The van der Waals surface area contributed by atoms with Crippen LogP contribution in [0.25, 0.3) is 17.1 Å². The highest BCUT2D eigenvalue weighted by atomic mass is 79.9. The molecule has 100 valence electrons. The van der Waals surface area contributed by atoms with Gasteiger partial charge in [-0.25, -0.2) is 0 Å². The topological polar surface area (TPSA) is 69.6 Å². The number of nitrogens with two attached hydrogens (primary N) is 1. The molecule has 0 unspecified atom stereocenters. The SMILES string of the molecule is Cc1cccc(-n2nnnc2-c2cc(N)cc(Br)c2)c1. The standard InChI is InChI=1S/C14H12BrN5/c1-9-3-2-4-13(5-9)20-14(17-18-19-20)10-6-11(15)8-12(16)7-10/h2-8H,16H2,1H3. The molecular weight excluding hydrogens is 318 g/mol. The molecule has 0 radical (unpaired) electrons. The van der Waals surface area contributed by atoms with Crippen molar-refractivity contribution in [2.75, 3.05) is 5.73 Å². The number of anilines is 1. The number of aromatic nitrogens is 4. The number of hydrogen-bond acceptors (Lipinski definition) is 4. The molecule has 0 aliphatic carbocycles. The Morgan fingerprint density at radius 2 is 2.00 bits per heavy atom. The molecule has 2 aromatic carbocycles. The van der Waals surface area contributed by atoms with Crippen LogP contribution in [-0.4, -0.2) is 20.2 Å². The maximum atomic E-state index is 5.87. The van der Waals surface area contributed by atoms with Crippen molar-refractivity contribution in [2.45, 2.75) is 6.92 Å². The van der Waals surface area contributed by atoms with Crippen LogP contribution in [0.2, 0.25) is 0 Å². The zero-order valence-corrected chi connectivity index (χ0v) is 12.4. The Kier molecular flexibility index (Phi) is 3.23. The smallest absolute Gasteiger partial charge is 0.187 e. The van der Waals surface area contributed by atoms with Gasteiger partial charge in [0, 0.05) is 15.7 Å². The van der Waals surface area contributed by atoms with Crippen LogP contribution in [0.5, 0.6) is 0 Å². The summed E-state index contributed by atoms with van der Waals surface area (Å²) in [5.74, 6) is 0.656. The van der Waals surface area contributed by atoms with Gasteiger partial charge in [0.05, 0.1) is 5.69 Å². The number of aryl methyl sites for hydroxylation is 1. The van der Waals surface area contributed by atoms with Crippen molar-refractivity contribution in [2.24, 2.45) is 0 Å². The predicted molar refractivity (Wildman–Crippen MR) is 81.4 cm³/mol. The molecule has 0 amide bonds. The summed E-state index contributed by atoms with van der Waals surface area (Å²) in [7, 11) is 0. The number of hydrogen-bond donors (Lipinski definition) is 1. The summed E-state index contributed by atoms with van der Waals surface area (Å²) in [5, 5.41) is 11.9. The van der Waals surface area contributed by atoms with Crippen LogP contribution < -0.4 is 5.73 Å². The maximum Gasteiger partial charge on any atom is 0.187 e. The van der Waals surface area contributed by atoms with Gasteiger partial charge in [0.2, 0.25) is 0 Å². The van der Waals surface area contributed by atoms with Gasteiger partial charge < -0.3 is 5.73 Å². The minimum atomic E-state index is 0.656. The molecule has 2 N–H and O–H groups in total. The molecule has 0 atom stereocenters. The third-order valence-electron chi connectivity index (χ3n) is 2.89. The Bertz CT molecular complexity index is 746. The van der Waals surface area contributed by atoms with E-state index in [4.69, 9.17) is 5.73 Å². The van der Waals surface area contributed by atoms with Crippen LogP contribution in [0, 0.1) is 6.92 Å². The van der Waals surface area contributed by atoms with Crippen molar-refractivity contribution < 1.29 is 0 Å². The van der Waals surface area contributed by atoms with Gasteiger partial charge in [-0.05, 0) is 53.2 Å². The highest BCUT2D eigenvalue weighted by Crippen LogP contribution is 2.26. The zero-order chi connectivity index (χ0) is 14.1. The molecule has 20 heavy (non-hydrogen) atoms. The molecule has 0 aliphatic rings. The van der Waals surface area contributed by atoms with Gasteiger partial charge in [0.25, 0.3) is 0 Å². The minimum Gasteiger partial charge on any atom is -0.399 e. The van der Waals surface area contributed by atoms with E-state index >= 15 is 0 Å².